The van der Waals surface area contributed by atoms with Crippen molar-refractivity contribution < 1.29 is 4.42 Å². The van der Waals surface area contributed by atoms with Gasteiger partial charge in [-0.25, -0.2) is 9.97 Å². The molecule has 106 valence electrons. The highest BCUT2D eigenvalue weighted by molar-refractivity contribution is 5.58. The van der Waals surface area contributed by atoms with Crippen LogP contribution in [-0.2, 0) is 12.8 Å². The van der Waals surface area contributed by atoms with Gasteiger partial charge in [-0.15, -0.1) is 0 Å². The molecule has 0 aromatic carbocycles. The number of fused-ring (bicyclic) bond motifs is 1. The van der Waals surface area contributed by atoms with Gasteiger partial charge in [-0.2, -0.15) is 0 Å². The highest BCUT2D eigenvalue weighted by Gasteiger charge is 2.23. The Morgan fingerprint density at radius 3 is 2.90 bits per heavy atom. The number of aromatic nitrogens is 2. The summed E-state index contributed by atoms with van der Waals surface area (Å²) in [5.41, 5.74) is 4.70. The summed E-state index contributed by atoms with van der Waals surface area (Å²) < 4.78 is 5.36. The molecular weight excluding hydrogens is 250 g/mol. The van der Waals surface area contributed by atoms with Crippen molar-refractivity contribution in [2.75, 3.05) is 13.6 Å². The molecule has 20 heavy (non-hydrogen) atoms. The summed E-state index contributed by atoms with van der Waals surface area (Å²) in [4.78, 5) is 9.47. The van der Waals surface area contributed by atoms with Crippen LogP contribution in [0.25, 0.3) is 11.4 Å². The van der Waals surface area contributed by atoms with Crippen molar-refractivity contribution in [3.63, 3.8) is 0 Å². The van der Waals surface area contributed by atoms with Crippen LogP contribution in [0.3, 0.4) is 0 Å². The van der Waals surface area contributed by atoms with Crippen LogP contribution in [0.2, 0.25) is 0 Å². The van der Waals surface area contributed by atoms with E-state index < -0.39 is 0 Å². The zero-order valence-electron chi connectivity index (χ0n) is 12.4. The molecule has 1 aliphatic rings. The molecule has 0 radical (unpaired) electrons. The molecule has 2 aromatic rings. The lowest BCUT2D eigenvalue weighted by Crippen LogP contribution is -2.26. The maximum atomic E-state index is 5.36. The summed E-state index contributed by atoms with van der Waals surface area (Å²) in [5.74, 6) is 2.39. The maximum Gasteiger partial charge on any atom is 0.163 e. The van der Waals surface area contributed by atoms with Crippen LogP contribution in [0.4, 0.5) is 0 Å². The number of hydrogen-bond acceptors (Lipinski definition) is 4. The van der Waals surface area contributed by atoms with Gasteiger partial charge in [-0.05, 0) is 64.3 Å². The monoisotopic (exact) mass is 271 g/mol. The van der Waals surface area contributed by atoms with Crippen LogP contribution in [0.15, 0.2) is 16.7 Å². The predicted octanol–water partition coefficient (Wildman–Crippen LogP) is 2.68. The van der Waals surface area contributed by atoms with Crippen molar-refractivity contribution in [1.29, 1.82) is 0 Å². The summed E-state index contributed by atoms with van der Waals surface area (Å²) in [6, 6.07) is 1.95. The molecule has 0 spiro atoms. The van der Waals surface area contributed by atoms with Crippen LogP contribution in [0, 0.1) is 19.8 Å². The third-order valence-corrected chi connectivity index (χ3v) is 4.17. The average Bonchev–Trinajstić information content (AvgIpc) is 2.86. The number of rotatable bonds is 3. The largest absolute Gasteiger partial charge is 0.469 e. The molecule has 0 aliphatic heterocycles. The molecule has 0 saturated heterocycles. The lowest BCUT2D eigenvalue weighted by atomic mass is 9.85. The minimum Gasteiger partial charge on any atom is -0.469 e. The third kappa shape index (κ3) is 2.36. The highest BCUT2D eigenvalue weighted by atomic mass is 16.3. The van der Waals surface area contributed by atoms with E-state index in [1.54, 1.807) is 6.26 Å². The fraction of sp³-hybridized carbons (Fsp3) is 0.500. The van der Waals surface area contributed by atoms with Gasteiger partial charge in [0.25, 0.3) is 0 Å². The third-order valence-electron chi connectivity index (χ3n) is 4.17. The second kappa shape index (κ2) is 5.37. The molecule has 2 aromatic heterocycles. The quantitative estimate of drug-likeness (QED) is 0.932. The highest BCUT2D eigenvalue weighted by Crippen LogP contribution is 2.29. The van der Waals surface area contributed by atoms with Gasteiger partial charge < -0.3 is 9.73 Å². The predicted molar refractivity (Wildman–Crippen MR) is 78.6 cm³/mol. The second-order valence-corrected chi connectivity index (χ2v) is 5.61. The summed E-state index contributed by atoms with van der Waals surface area (Å²) >= 11 is 0. The molecule has 1 N–H and O–H groups in total. The molecule has 1 atom stereocenters. The maximum absolute atomic E-state index is 5.36. The molecule has 1 unspecified atom stereocenters. The average molecular weight is 271 g/mol. The van der Waals surface area contributed by atoms with E-state index in [0.29, 0.717) is 5.92 Å². The lowest BCUT2D eigenvalue weighted by Gasteiger charge is -2.25. The Morgan fingerprint density at radius 1 is 1.35 bits per heavy atom. The molecule has 4 heteroatoms. The van der Waals surface area contributed by atoms with Crippen LogP contribution in [-0.4, -0.2) is 23.6 Å². The first-order chi connectivity index (χ1) is 9.69. The fourth-order valence-electron chi connectivity index (χ4n) is 3.06. The smallest absolute Gasteiger partial charge is 0.163 e. The van der Waals surface area contributed by atoms with Crippen molar-refractivity contribution in [3.8, 4) is 11.4 Å². The zero-order valence-corrected chi connectivity index (χ0v) is 12.4. The minimum atomic E-state index is 0.705. The van der Waals surface area contributed by atoms with E-state index in [-0.39, 0.29) is 0 Å². The van der Waals surface area contributed by atoms with Crippen molar-refractivity contribution >= 4 is 0 Å². The lowest BCUT2D eigenvalue weighted by molar-refractivity contribution is 0.433. The molecule has 3 rings (SSSR count). The van der Waals surface area contributed by atoms with E-state index >= 15 is 0 Å². The van der Waals surface area contributed by atoms with Crippen molar-refractivity contribution in [2.24, 2.45) is 5.92 Å². The van der Waals surface area contributed by atoms with E-state index in [0.717, 1.165) is 42.2 Å². The first kappa shape index (κ1) is 13.3. The van der Waals surface area contributed by atoms with E-state index in [4.69, 9.17) is 14.4 Å². The minimum absolute atomic E-state index is 0.705. The number of nitrogens with one attached hydrogen (secondary N) is 1. The molecule has 1 aliphatic carbocycles. The van der Waals surface area contributed by atoms with Crippen LogP contribution < -0.4 is 5.32 Å². The summed E-state index contributed by atoms with van der Waals surface area (Å²) in [6.45, 7) is 5.12. The van der Waals surface area contributed by atoms with Gasteiger partial charge in [-0.1, -0.05) is 0 Å². The standard InChI is InChI=1S/C16H21N3O/c1-10-14-8-12(9-17-3)4-5-15(14)19-16(18-10)13-6-7-20-11(13)2/h6-7,12,17H,4-5,8-9H2,1-3H3. The van der Waals surface area contributed by atoms with Crippen molar-refractivity contribution in [2.45, 2.75) is 33.1 Å². The first-order valence-electron chi connectivity index (χ1n) is 7.24. The van der Waals surface area contributed by atoms with Gasteiger partial charge in [0.2, 0.25) is 0 Å². The van der Waals surface area contributed by atoms with Gasteiger partial charge in [-0.3, -0.25) is 0 Å². The molecular formula is C16H21N3O. The summed E-state index contributed by atoms with van der Waals surface area (Å²) in [7, 11) is 2.02. The Balaban J connectivity index is 1.96. The van der Waals surface area contributed by atoms with E-state index in [1.807, 2.05) is 20.0 Å². The molecule has 0 saturated carbocycles. The summed E-state index contributed by atoms with van der Waals surface area (Å²) in [5, 5.41) is 3.28. The fourth-order valence-corrected chi connectivity index (χ4v) is 3.06. The number of aryl methyl sites for hydroxylation is 3. The van der Waals surface area contributed by atoms with Gasteiger partial charge in [0, 0.05) is 11.4 Å². The van der Waals surface area contributed by atoms with Crippen LogP contribution in [0.5, 0.6) is 0 Å². The molecule has 0 fully saturated rings. The van der Waals surface area contributed by atoms with Crippen molar-refractivity contribution in [3.05, 3.63) is 35.0 Å². The Morgan fingerprint density at radius 2 is 2.20 bits per heavy atom. The van der Waals surface area contributed by atoms with Gasteiger partial charge >= 0.3 is 0 Å². The zero-order chi connectivity index (χ0) is 14.1. The number of furan rings is 1. The van der Waals surface area contributed by atoms with Gasteiger partial charge in [0.1, 0.15) is 5.76 Å². The Bertz CT molecular complexity index is 618. The molecule has 2 heterocycles. The molecule has 0 amide bonds. The normalized spacial score (nSPS) is 18.1. The Kier molecular flexibility index (Phi) is 3.57. The van der Waals surface area contributed by atoms with E-state index in [2.05, 4.69) is 12.2 Å². The Labute approximate surface area is 119 Å². The topological polar surface area (TPSA) is 51.0 Å². The van der Waals surface area contributed by atoms with Gasteiger partial charge in [0.05, 0.1) is 11.8 Å². The molecule has 0 bridgehead atoms. The summed E-state index contributed by atoms with van der Waals surface area (Å²) in [6.07, 6.45) is 5.04. The SMILES string of the molecule is CNCC1CCc2nc(-c3ccoc3C)nc(C)c2C1. The Hall–Kier alpha value is -1.68. The number of hydrogen-bond donors (Lipinski definition) is 1. The molecule has 4 nitrogen and oxygen atoms in total. The first-order valence-corrected chi connectivity index (χ1v) is 7.24. The number of nitrogens with zero attached hydrogens (tertiary/aromatic N) is 2. The van der Waals surface area contributed by atoms with Crippen LogP contribution >= 0.6 is 0 Å². The van der Waals surface area contributed by atoms with E-state index in [9.17, 15) is 0 Å². The van der Waals surface area contributed by atoms with Crippen LogP contribution in [0.1, 0.15) is 29.1 Å². The van der Waals surface area contributed by atoms with Gasteiger partial charge in [0.15, 0.2) is 5.82 Å². The van der Waals surface area contributed by atoms with Crippen molar-refractivity contribution in [1.82, 2.24) is 15.3 Å². The second-order valence-electron chi connectivity index (χ2n) is 5.61. The van der Waals surface area contributed by atoms with E-state index in [1.165, 1.54) is 17.7 Å².